The molecule has 0 heterocycles. The van der Waals surface area contributed by atoms with Gasteiger partial charge in [0.25, 0.3) is 0 Å². The molecule has 0 fully saturated rings. The minimum atomic E-state index is -0.0178. The van der Waals surface area contributed by atoms with Crippen molar-refractivity contribution in [2.24, 2.45) is 0 Å². The lowest BCUT2D eigenvalue weighted by Crippen LogP contribution is -2.27. The average molecular weight is 782 g/mol. The van der Waals surface area contributed by atoms with Gasteiger partial charge in [-0.2, -0.15) is 0 Å². The zero-order chi connectivity index (χ0) is 40.6. The van der Waals surface area contributed by atoms with Gasteiger partial charge in [-0.1, -0.05) is 188 Å². The number of unbranched alkanes of at least 4 members (excludes halogenated alkanes) is 28. The first kappa shape index (κ1) is 56.1. The molecule has 0 saturated carbocycles. The fourth-order valence-electron chi connectivity index (χ4n) is 7.37. The lowest BCUT2D eigenvalue weighted by Gasteiger charge is -2.22. The number of methoxy groups -OCH3 is 1. The summed E-state index contributed by atoms with van der Waals surface area (Å²) in [5, 5.41) is 9.07. The summed E-state index contributed by atoms with van der Waals surface area (Å²) < 4.78 is 11.0. The minimum absolute atomic E-state index is 0.0178. The van der Waals surface area contributed by atoms with E-state index in [4.69, 9.17) is 14.6 Å². The molecule has 0 amide bonds. The average Bonchev–Trinajstić information content (AvgIpc) is 3.19. The molecular formula is C49H99NO5. The first-order valence-corrected chi connectivity index (χ1v) is 24.5. The van der Waals surface area contributed by atoms with Gasteiger partial charge in [-0.3, -0.25) is 4.79 Å². The highest BCUT2D eigenvalue weighted by Crippen LogP contribution is 2.17. The van der Waals surface area contributed by atoms with Crippen LogP contribution in [0.4, 0.5) is 0 Å². The third-order valence-corrected chi connectivity index (χ3v) is 11.1. The maximum atomic E-state index is 11.8. The maximum Gasteiger partial charge on any atom is 0.305 e. The van der Waals surface area contributed by atoms with Crippen molar-refractivity contribution < 1.29 is 24.2 Å². The van der Waals surface area contributed by atoms with Gasteiger partial charge in [0, 0.05) is 26.6 Å². The molecule has 0 bridgehead atoms. The second-order valence-electron chi connectivity index (χ2n) is 16.5. The Morgan fingerprint density at radius 1 is 0.509 bits per heavy atom. The molecule has 6 heteroatoms. The van der Waals surface area contributed by atoms with Crippen LogP contribution in [0.25, 0.3) is 0 Å². The Morgan fingerprint density at radius 3 is 1.33 bits per heavy atom. The lowest BCUT2D eigenvalue weighted by atomic mass is 10.0. The van der Waals surface area contributed by atoms with Crippen LogP contribution in [-0.2, 0) is 19.1 Å². The predicted octanol–water partition coefficient (Wildman–Crippen LogP) is 14.5. The normalized spacial score (nSPS) is 11.8. The minimum Gasteiger partial charge on any atom is -0.466 e. The van der Waals surface area contributed by atoms with Crippen molar-refractivity contribution in [3.05, 3.63) is 0 Å². The number of hydrogen-bond donors (Lipinski definition) is 1. The van der Waals surface area contributed by atoms with E-state index in [0.717, 1.165) is 64.4 Å². The Bertz CT molecular complexity index is 719. The standard InChI is InChI=1S/C29H57NO4.C20H42O/c1-2-3-4-5-14-21-28-34-29(33)22-15-10-6-7-11-16-23-30(25-18-20-27-32)24-17-12-8-9-13-19-26-31;1-4-6-8-10-12-13-15-17-19-20(21-3)18-16-14-11-9-7-5-2/h26,32H,2-25,27-28H2,1H3;20H,4-19H2,1-3H3. The summed E-state index contributed by atoms with van der Waals surface area (Å²) in [5.74, 6) is -0.0178. The zero-order valence-corrected chi connectivity index (χ0v) is 37.9. The number of ether oxygens (including phenoxy) is 2. The number of nitrogens with zero attached hydrogens (tertiary/aromatic N) is 1. The highest BCUT2D eigenvalue weighted by Gasteiger charge is 2.08. The number of carbonyl (C=O) groups excluding carboxylic acids is 2. The molecule has 0 aromatic rings. The molecule has 1 N–H and O–H groups in total. The van der Waals surface area contributed by atoms with Crippen molar-refractivity contribution in [2.45, 2.75) is 264 Å². The Labute approximate surface area is 344 Å². The van der Waals surface area contributed by atoms with Crippen LogP contribution in [0, 0.1) is 0 Å². The number of hydrogen-bond acceptors (Lipinski definition) is 6. The summed E-state index contributed by atoms with van der Waals surface area (Å²) in [5.41, 5.74) is 0. The number of rotatable bonds is 45. The molecule has 0 aromatic heterocycles. The van der Waals surface area contributed by atoms with E-state index >= 15 is 0 Å². The quantitative estimate of drug-likeness (QED) is 0.0377. The number of aliphatic hydroxyl groups is 1. The van der Waals surface area contributed by atoms with E-state index in [2.05, 4.69) is 25.7 Å². The van der Waals surface area contributed by atoms with Crippen LogP contribution in [0.3, 0.4) is 0 Å². The van der Waals surface area contributed by atoms with Gasteiger partial charge >= 0.3 is 5.97 Å². The van der Waals surface area contributed by atoms with E-state index in [1.807, 2.05) is 7.11 Å². The first-order valence-electron chi connectivity index (χ1n) is 24.5. The van der Waals surface area contributed by atoms with Crippen LogP contribution >= 0.6 is 0 Å². The smallest absolute Gasteiger partial charge is 0.305 e. The molecular weight excluding hydrogens is 683 g/mol. The van der Waals surface area contributed by atoms with Crippen molar-refractivity contribution in [1.29, 1.82) is 0 Å². The van der Waals surface area contributed by atoms with E-state index < -0.39 is 0 Å². The van der Waals surface area contributed by atoms with Crippen molar-refractivity contribution >= 4 is 12.3 Å². The van der Waals surface area contributed by atoms with Crippen LogP contribution < -0.4 is 0 Å². The SMILES string of the molecule is CCCCCCCCCCC(CCCCCCCC)OC.CCCCCCCCOC(=O)CCCCCCCCN(CCCCO)CCCCCCCC=O. The van der Waals surface area contributed by atoms with Gasteiger partial charge in [-0.25, -0.2) is 0 Å². The molecule has 0 saturated heterocycles. The molecule has 55 heavy (non-hydrogen) atoms. The van der Waals surface area contributed by atoms with E-state index in [9.17, 15) is 9.59 Å². The monoisotopic (exact) mass is 782 g/mol. The lowest BCUT2D eigenvalue weighted by molar-refractivity contribution is -0.143. The van der Waals surface area contributed by atoms with Gasteiger partial charge < -0.3 is 24.3 Å². The maximum absolute atomic E-state index is 11.8. The fraction of sp³-hybridized carbons (Fsp3) is 0.959. The van der Waals surface area contributed by atoms with Crippen LogP contribution in [0.15, 0.2) is 0 Å². The molecule has 0 aliphatic heterocycles. The highest BCUT2D eigenvalue weighted by atomic mass is 16.5. The first-order chi connectivity index (χ1) is 27.1. The fourth-order valence-corrected chi connectivity index (χ4v) is 7.37. The number of aldehydes is 1. The van der Waals surface area contributed by atoms with Gasteiger partial charge in [0.15, 0.2) is 0 Å². The summed E-state index contributed by atoms with van der Waals surface area (Å²) in [6.45, 7) is 11.1. The number of carbonyl (C=O) groups is 2. The van der Waals surface area contributed by atoms with E-state index in [1.165, 1.54) is 186 Å². The topological polar surface area (TPSA) is 76.1 Å². The van der Waals surface area contributed by atoms with Crippen molar-refractivity contribution in [2.75, 3.05) is 40.0 Å². The molecule has 1 unspecified atom stereocenters. The molecule has 6 nitrogen and oxygen atoms in total. The molecule has 0 aliphatic carbocycles. The predicted molar refractivity (Wildman–Crippen MR) is 239 cm³/mol. The molecule has 0 aliphatic rings. The second-order valence-corrected chi connectivity index (χ2v) is 16.5. The van der Waals surface area contributed by atoms with Crippen molar-refractivity contribution in [1.82, 2.24) is 4.90 Å². The summed E-state index contributed by atoms with van der Waals surface area (Å²) in [6.07, 6.45) is 47.2. The van der Waals surface area contributed by atoms with Gasteiger partial charge in [0.1, 0.15) is 6.29 Å². The summed E-state index contributed by atoms with van der Waals surface area (Å²) in [6, 6.07) is 0. The molecule has 1 atom stereocenters. The zero-order valence-electron chi connectivity index (χ0n) is 37.9. The number of aliphatic hydroxyl groups excluding tert-OH is 1. The van der Waals surface area contributed by atoms with Crippen molar-refractivity contribution in [3.8, 4) is 0 Å². The molecule has 0 spiro atoms. The Morgan fingerprint density at radius 2 is 0.891 bits per heavy atom. The molecule has 0 aromatic carbocycles. The van der Waals surface area contributed by atoms with Crippen LogP contribution in [0.1, 0.15) is 258 Å². The number of esters is 1. The molecule has 0 radical (unpaired) electrons. The summed E-state index contributed by atoms with van der Waals surface area (Å²) >= 11 is 0. The molecule has 330 valence electrons. The van der Waals surface area contributed by atoms with Crippen LogP contribution in [0.2, 0.25) is 0 Å². The Balaban J connectivity index is 0. The van der Waals surface area contributed by atoms with E-state index in [0.29, 0.717) is 25.6 Å². The van der Waals surface area contributed by atoms with E-state index in [-0.39, 0.29) is 12.6 Å². The van der Waals surface area contributed by atoms with Crippen LogP contribution in [-0.4, -0.2) is 68.3 Å². The van der Waals surface area contributed by atoms with Gasteiger partial charge in [-0.05, 0) is 77.4 Å². The largest absolute Gasteiger partial charge is 0.466 e. The van der Waals surface area contributed by atoms with Crippen molar-refractivity contribution in [3.63, 3.8) is 0 Å². The Hall–Kier alpha value is -0.980. The third kappa shape index (κ3) is 49.1. The molecule has 0 rings (SSSR count). The summed E-state index contributed by atoms with van der Waals surface area (Å²) in [4.78, 5) is 24.8. The van der Waals surface area contributed by atoms with Gasteiger partial charge in [0.05, 0.1) is 12.7 Å². The second kappa shape index (κ2) is 51.0. The van der Waals surface area contributed by atoms with Gasteiger partial charge in [-0.15, -0.1) is 0 Å². The van der Waals surface area contributed by atoms with Gasteiger partial charge in [0.2, 0.25) is 0 Å². The Kier molecular flexibility index (Phi) is 52.1. The summed E-state index contributed by atoms with van der Waals surface area (Å²) in [7, 11) is 1.90. The highest BCUT2D eigenvalue weighted by molar-refractivity contribution is 5.69. The third-order valence-electron chi connectivity index (χ3n) is 11.1. The van der Waals surface area contributed by atoms with Crippen LogP contribution in [0.5, 0.6) is 0 Å². The van der Waals surface area contributed by atoms with E-state index in [1.54, 1.807) is 0 Å².